The summed E-state index contributed by atoms with van der Waals surface area (Å²) < 4.78 is 5.26. The largest absolute Gasteiger partial charge is 0.449 e. The van der Waals surface area contributed by atoms with E-state index in [1.165, 1.54) is 38.5 Å². The Morgan fingerprint density at radius 1 is 1.11 bits per heavy atom. The van der Waals surface area contributed by atoms with Crippen LogP contribution in [0.1, 0.15) is 57.8 Å². The molecule has 2 fully saturated rings. The van der Waals surface area contributed by atoms with Crippen LogP contribution in [0.2, 0.25) is 0 Å². The molecular formula is C14H26N2O2. The van der Waals surface area contributed by atoms with Gasteiger partial charge in [0.05, 0.1) is 6.61 Å². The van der Waals surface area contributed by atoms with Gasteiger partial charge in [0.25, 0.3) is 0 Å². The van der Waals surface area contributed by atoms with E-state index >= 15 is 0 Å². The van der Waals surface area contributed by atoms with Gasteiger partial charge in [0.1, 0.15) is 0 Å². The zero-order chi connectivity index (χ0) is 12.6. The average Bonchev–Trinajstić information content (AvgIpc) is 2.41. The molecule has 0 aromatic rings. The zero-order valence-electron chi connectivity index (χ0n) is 11.2. The Morgan fingerprint density at radius 2 is 1.89 bits per heavy atom. The first-order chi connectivity index (χ1) is 8.84. The Bertz CT molecular complexity index is 246. The van der Waals surface area contributed by atoms with Gasteiger partial charge in [-0.15, -0.1) is 0 Å². The smallest absolute Gasteiger partial charge is 0.407 e. The lowest BCUT2D eigenvalue weighted by molar-refractivity contribution is 0.132. The highest BCUT2D eigenvalue weighted by Gasteiger charge is 2.17. The minimum atomic E-state index is -0.224. The van der Waals surface area contributed by atoms with Gasteiger partial charge in [-0.2, -0.15) is 0 Å². The summed E-state index contributed by atoms with van der Waals surface area (Å²) in [6.45, 7) is 1.65. The predicted octanol–water partition coefficient (Wildman–Crippen LogP) is 2.58. The molecule has 1 aliphatic carbocycles. The van der Waals surface area contributed by atoms with E-state index in [4.69, 9.17) is 4.74 Å². The van der Waals surface area contributed by atoms with Gasteiger partial charge in [0, 0.05) is 12.1 Å². The second-order valence-electron chi connectivity index (χ2n) is 5.55. The summed E-state index contributed by atoms with van der Waals surface area (Å²) in [5.74, 6) is 0. The van der Waals surface area contributed by atoms with E-state index < -0.39 is 0 Å². The molecule has 1 saturated heterocycles. The molecule has 0 radical (unpaired) electrons. The van der Waals surface area contributed by atoms with Crippen molar-refractivity contribution in [1.82, 2.24) is 10.6 Å². The maximum Gasteiger partial charge on any atom is 0.407 e. The maximum absolute atomic E-state index is 11.6. The number of ether oxygens (including phenoxy) is 1. The first-order valence-corrected chi connectivity index (χ1v) is 7.51. The summed E-state index contributed by atoms with van der Waals surface area (Å²) in [7, 11) is 0. The molecule has 2 rings (SSSR count). The average molecular weight is 254 g/mol. The normalized spacial score (nSPS) is 25.7. The number of hydrogen-bond donors (Lipinski definition) is 2. The topological polar surface area (TPSA) is 50.4 Å². The number of hydrogen-bond acceptors (Lipinski definition) is 3. The summed E-state index contributed by atoms with van der Waals surface area (Å²) in [5.41, 5.74) is 0. The molecule has 0 bridgehead atoms. The Balaban J connectivity index is 1.53. The highest BCUT2D eigenvalue weighted by atomic mass is 16.5. The van der Waals surface area contributed by atoms with Crippen molar-refractivity contribution in [2.24, 2.45) is 0 Å². The monoisotopic (exact) mass is 254 g/mol. The molecule has 4 nitrogen and oxygen atoms in total. The van der Waals surface area contributed by atoms with Crippen LogP contribution < -0.4 is 10.6 Å². The lowest BCUT2D eigenvalue weighted by atomic mass is 9.96. The van der Waals surface area contributed by atoms with Crippen LogP contribution in [0.25, 0.3) is 0 Å². The summed E-state index contributed by atoms with van der Waals surface area (Å²) in [5, 5.41) is 6.44. The van der Waals surface area contributed by atoms with Gasteiger partial charge in [0.15, 0.2) is 0 Å². The van der Waals surface area contributed by atoms with Gasteiger partial charge in [-0.05, 0) is 38.6 Å². The van der Waals surface area contributed by atoms with E-state index in [0.717, 1.165) is 25.8 Å². The summed E-state index contributed by atoms with van der Waals surface area (Å²) in [6.07, 6.45) is 10.5. The molecule has 1 heterocycles. The third-order valence-electron chi connectivity index (χ3n) is 4.04. The van der Waals surface area contributed by atoms with Crippen LogP contribution in [0.5, 0.6) is 0 Å². The van der Waals surface area contributed by atoms with Crippen molar-refractivity contribution in [2.75, 3.05) is 13.2 Å². The van der Waals surface area contributed by atoms with Crippen LogP contribution in [-0.2, 0) is 4.74 Å². The molecule has 4 heteroatoms. The van der Waals surface area contributed by atoms with Crippen molar-refractivity contribution in [3.63, 3.8) is 0 Å². The summed E-state index contributed by atoms with van der Waals surface area (Å²) in [6, 6.07) is 0.889. The van der Waals surface area contributed by atoms with Crippen LogP contribution in [-0.4, -0.2) is 31.3 Å². The summed E-state index contributed by atoms with van der Waals surface area (Å²) >= 11 is 0. The zero-order valence-corrected chi connectivity index (χ0v) is 11.2. The fourth-order valence-electron chi connectivity index (χ4n) is 2.92. The minimum Gasteiger partial charge on any atom is -0.449 e. The molecular weight excluding hydrogens is 228 g/mol. The Kier molecular flexibility index (Phi) is 5.78. The molecule has 2 aliphatic rings. The summed E-state index contributed by atoms with van der Waals surface area (Å²) in [4.78, 5) is 11.6. The van der Waals surface area contributed by atoms with E-state index in [-0.39, 0.29) is 6.09 Å². The first kappa shape index (κ1) is 13.7. The van der Waals surface area contributed by atoms with Crippen LogP contribution in [0.15, 0.2) is 0 Å². The third-order valence-corrected chi connectivity index (χ3v) is 4.04. The molecule has 0 aromatic carbocycles. The van der Waals surface area contributed by atoms with Gasteiger partial charge in [-0.3, -0.25) is 0 Å². The molecule has 0 aromatic heterocycles. The molecule has 18 heavy (non-hydrogen) atoms. The molecule has 1 saturated carbocycles. The Labute approximate surface area is 110 Å². The second-order valence-corrected chi connectivity index (χ2v) is 5.55. The van der Waals surface area contributed by atoms with Crippen LogP contribution in [0, 0.1) is 0 Å². The van der Waals surface area contributed by atoms with Crippen molar-refractivity contribution < 1.29 is 9.53 Å². The minimum absolute atomic E-state index is 0.224. The van der Waals surface area contributed by atoms with Crippen LogP contribution in [0.3, 0.4) is 0 Å². The first-order valence-electron chi connectivity index (χ1n) is 7.51. The van der Waals surface area contributed by atoms with E-state index in [9.17, 15) is 4.79 Å². The van der Waals surface area contributed by atoms with Crippen molar-refractivity contribution in [3.05, 3.63) is 0 Å². The van der Waals surface area contributed by atoms with Gasteiger partial charge in [0.2, 0.25) is 0 Å². The number of piperidine rings is 1. The highest BCUT2D eigenvalue weighted by molar-refractivity contribution is 5.67. The fraction of sp³-hybridized carbons (Fsp3) is 0.929. The standard InChI is InChI=1S/C14H26N2O2/c17-14(16-13-7-2-1-3-8-13)18-11-9-12-6-4-5-10-15-12/h12-13,15H,1-11H2,(H,16,17). The van der Waals surface area contributed by atoms with Gasteiger partial charge < -0.3 is 15.4 Å². The van der Waals surface area contributed by atoms with Gasteiger partial charge >= 0.3 is 6.09 Å². The molecule has 1 atom stereocenters. The second kappa shape index (κ2) is 7.62. The fourth-order valence-corrected chi connectivity index (χ4v) is 2.92. The number of amides is 1. The molecule has 1 amide bonds. The van der Waals surface area contributed by atoms with Crippen molar-refractivity contribution in [3.8, 4) is 0 Å². The number of carbonyl (C=O) groups excluding carboxylic acids is 1. The highest BCUT2D eigenvalue weighted by Crippen LogP contribution is 2.17. The van der Waals surface area contributed by atoms with Crippen molar-refractivity contribution in [2.45, 2.75) is 69.9 Å². The number of alkyl carbamates (subject to hydrolysis) is 1. The Hall–Kier alpha value is -0.770. The van der Waals surface area contributed by atoms with Crippen molar-refractivity contribution in [1.29, 1.82) is 0 Å². The Morgan fingerprint density at radius 3 is 2.61 bits per heavy atom. The molecule has 1 aliphatic heterocycles. The predicted molar refractivity (Wildman–Crippen MR) is 71.6 cm³/mol. The van der Waals surface area contributed by atoms with Gasteiger partial charge in [-0.25, -0.2) is 4.79 Å². The van der Waals surface area contributed by atoms with Gasteiger partial charge in [-0.1, -0.05) is 25.7 Å². The molecule has 1 unspecified atom stereocenters. The third kappa shape index (κ3) is 4.84. The lowest BCUT2D eigenvalue weighted by Gasteiger charge is -2.24. The number of rotatable bonds is 4. The van der Waals surface area contributed by atoms with E-state index in [2.05, 4.69) is 10.6 Å². The maximum atomic E-state index is 11.6. The quantitative estimate of drug-likeness (QED) is 0.810. The van der Waals surface area contributed by atoms with Crippen LogP contribution >= 0.6 is 0 Å². The number of carbonyl (C=O) groups is 1. The van der Waals surface area contributed by atoms with E-state index in [1.807, 2.05) is 0 Å². The SMILES string of the molecule is O=C(NC1CCCCC1)OCCC1CCCCN1. The van der Waals surface area contributed by atoms with Crippen LogP contribution in [0.4, 0.5) is 4.79 Å². The van der Waals surface area contributed by atoms with E-state index in [1.54, 1.807) is 0 Å². The molecule has 104 valence electrons. The molecule has 2 N–H and O–H groups in total. The molecule has 0 spiro atoms. The number of nitrogens with one attached hydrogen (secondary N) is 2. The van der Waals surface area contributed by atoms with E-state index in [0.29, 0.717) is 18.7 Å². The van der Waals surface area contributed by atoms with Crippen molar-refractivity contribution >= 4 is 6.09 Å². The lowest BCUT2D eigenvalue weighted by Crippen LogP contribution is -2.38.